The number of hydrogen-bond donors (Lipinski definition) is 1. The van der Waals surface area contributed by atoms with Gasteiger partial charge in [-0.1, -0.05) is 82.5 Å². The Kier molecular flexibility index (Phi) is 5.62. The number of Topliss-reactive ketones (excluding diaryl/α,β-unsaturated/α-hetero) is 1. The third-order valence-electron chi connectivity index (χ3n) is 5.30. The molecule has 4 aromatic rings. The first-order chi connectivity index (χ1) is 15.8. The quantitative estimate of drug-likeness (QED) is 0.183. The van der Waals surface area contributed by atoms with Crippen LogP contribution in [0.2, 0.25) is 15.1 Å². The van der Waals surface area contributed by atoms with Crippen LogP contribution in [0.1, 0.15) is 17.2 Å². The molecular formula is C24H13Cl3N2O3S. The summed E-state index contributed by atoms with van der Waals surface area (Å²) in [4.78, 5) is 32.3. The number of carbonyl (C=O) groups is 2. The predicted molar refractivity (Wildman–Crippen MR) is 132 cm³/mol. The van der Waals surface area contributed by atoms with Crippen LogP contribution in [0.4, 0.5) is 5.13 Å². The number of fused-ring (bicyclic) bond motifs is 1. The Morgan fingerprint density at radius 1 is 0.939 bits per heavy atom. The first kappa shape index (κ1) is 21.9. The van der Waals surface area contributed by atoms with E-state index in [1.165, 1.54) is 16.2 Å². The molecule has 1 aromatic heterocycles. The normalized spacial score (nSPS) is 17.8. The van der Waals surface area contributed by atoms with Crippen LogP contribution in [-0.4, -0.2) is 21.8 Å². The number of halogens is 3. The van der Waals surface area contributed by atoms with Crippen molar-refractivity contribution in [2.24, 2.45) is 0 Å². The van der Waals surface area contributed by atoms with Gasteiger partial charge in [0.05, 0.1) is 31.9 Å². The van der Waals surface area contributed by atoms with Crippen LogP contribution >= 0.6 is 46.1 Å². The number of thiazole rings is 1. The maximum atomic E-state index is 13.2. The van der Waals surface area contributed by atoms with Gasteiger partial charge in [-0.25, -0.2) is 4.98 Å². The lowest BCUT2D eigenvalue weighted by molar-refractivity contribution is -0.132. The molecule has 1 fully saturated rings. The molecule has 33 heavy (non-hydrogen) atoms. The molecule has 1 amide bonds. The second kappa shape index (κ2) is 8.47. The zero-order valence-corrected chi connectivity index (χ0v) is 19.7. The number of anilines is 1. The van der Waals surface area contributed by atoms with Gasteiger partial charge in [0.25, 0.3) is 5.78 Å². The third kappa shape index (κ3) is 3.79. The highest BCUT2D eigenvalue weighted by atomic mass is 35.5. The van der Waals surface area contributed by atoms with Crippen LogP contribution in [0.25, 0.3) is 16.0 Å². The monoisotopic (exact) mass is 514 g/mol. The summed E-state index contributed by atoms with van der Waals surface area (Å²) in [6, 6.07) is 17.6. The standard InChI is InChI=1S/C24H13Cl3N2O3S/c25-14-7-9-17-18(11-14)33-24(28-17)29-20(13-6-8-15(26)16(27)10-13)19(22(31)23(29)32)21(30)12-4-2-1-3-5-12/h1-11,20,30H/b21-19+. The maximum Gasteiger partial charge on any atom is 0.301 e. The number of hydrogen-bond acceptors (Lipinski definition) is 5. The van der Waals surface area contributed by atoms with Crippen LogP contribution in [0.5, 0.6) is 0 Å². The molecule has 1 atom stereocenters. The zero-order chi connectivity index (χ0) is 23.3. The van der Waals surface area contributed by atoms with Gasteiger partial charge in [-0.05, 0) is 35.9 Å². The van der Waals surface area contributed by atoms with Crippen LogP contribution < -0.4 is 4.90 Å². The molecule has 0 aliphatic carbocycles. The lowest BCUT2D eigenvalue weighted by Crippen LogP contribution is -2.29. The first-order valence-corrected chi connectivity index (χ1v) is 11.7. The second-order valence-corrected chi connectivity index (χ2v) is 9.58. The Bertz CT molecular complexity index is 1470. The molecule has 1 aliphatic rings. The van der Waals surface area contributed by atoms with Crippen molar-refractivity contribution < 1.29 is 14.7 Å². The molecule has 2 heterocycles. The Labute approximate surface area is 207 Å². The lowest BCUT2D eigenvalue weighted by atomic mass is 9.95. The molecule has 0 bridgehead atoms. The van der Waals surface area contributed by atoms with Crippen molar-refractivity contribution in [1.82, 2.24) is 4.98 Å². The number of ketones is 1. The maximum absolute atomic E-state index is 13.2. The van der Waals surface area contributed by atoms with Crippen molar-refractivity contribution in [2.75, 3.05) is 4.90 Å². The predicted octanol–water partition coefficient (Wildman–Crippen LogP) is 6.88. The highest BCUT2D eigenvalue weighted by Crippen LogP contribution is 2.45. The van der Waals surface area contributed by atoms with Gasteiger partial charge in [0.15, 0.2) is 5.13 Å². The van der Waals surface area contributed by atoms with Crippen LogP contribution in [0.15, 0.2) is 72.3 Å². The van der Waals surface area contributed by atoms with Gasteiger partial charge in [-0.15, -0.1) is 0 Å². The van der Waals surface area contributed by atoms with Gasteiger partial charge < -0.3 is 5.11 Å². The van der Waals surface area contributed by atoms with Gasteiger partial charge in [-0.3, -0.25) is 14.5 Å². The second-order valence-electron chi connectivity index (χ2n) is 7.32. The number of aliphatic hydroxyl groups excluding tert-OH is 1. The van der Waals surface area contributed by atoms with Crippen molar-refractivity contribution in [3.63, 3.8) is 0 Å². The van der Waals surface area contributed by atoms with E-state index in [1.807, 2.05) is 0 Å². The van der Waals surface area contributed by atoms with Gasteiger partial charge in [0.1, 0.15) is 5.76 Å². The Morgan fingerprint density at radius 3 is 2.42 bits per heavy atom. The van der Waals surface area contributed by atoms with Gasteiger partial charge in [-0.2, -0.15) is 0 Å². The Hall–Kier alpha value is -2.90. The van der Waals surface area contributed by atoms with Gasteiger partial charge in [0.2, 0.25) is 0 Å². The number of carbonyl (C=O) groups excluding carboxylic acids is 2. The summed E-state index contributed by atoms with van der Waals surface area (Å²) in [5.41, 5.74) is 1.51. The van der Waals surface area contributed by atoms with Gasteiger partial charge in [0, 0.05) is 10.6 Å². The minimum atomic E-state index is -0.948. The lowest BCUT2D eigenvalue weighted by Gasteiger charge is -2.23. The summed E-state index contributed by atoms with van der Waals surface area (Å²) >= 11 is 19.7. The molecule has 1 saturated heterocycles. The zero-order valence-electron chi connectivity index (χ0n) is 16.6. The summed E-state index contributed by atoms with van der Waals surface area (Å²) in [5, 5.41) is 12.5. The van der Waals surface area contributed by atoms with Crippen molar-refractivity contribution in [3.05, 3.63) is 98.5 Å². The fourth-order valence-electron chi connectivity index (χ4n) is 3.77. The molecule has 0 saturated carbocycles. The third-order valence-corrected chi connectivity index (χ3v) is 7.29. The summed E-state index contributed by atoms with van der Waals surface area (Å²) < 4.78 is 0.760. The SMILES string of the molecule is O=C1C(=O)N(c2nc3ccc(Cl)cc3s2)C(c2ccc(Cl)c(Cl)c2)/C1=C(\O)c1ccccc1. The average molecular weight is 516 g/mol. The molecule has 1 N–H and O–H groups in total. The highest BCUT2D eigenvalue weighted by Gasteiger charge is 2.48. The number of aliphatic hydroxyl groups is 1. The van der Waals surface area contributed by atoms with E-state index in [1.54, 1.807) is 66.7 Å². The average Bonchev–Trinajstić information content (AvgIpc) is 3.33. The van der Waals surface area contributed by atoms with E-state index >= 15 is 0 Å². The molecule has 9 heteroatoms. The van der Waals surface area contributed by atoms with Crippen LogP contribution in [0, 0.1) is 0 Å². The van der Waals surface area contributed by atoms with Gasteiger partial charge >= 0.3 is 5.91 Å². The molecule has 0 spiro atoms. The summed E-state index contributed by atoms with van der Waals surface area (Å²) in [5.74, 6) is -1.89. The number of amides is 1. The fraction of sp³-hybridized carbons (Fsp3) is 0.0417. The van der Waals surface area contributed by atoms with E-state index < -0.39 is 17.7 Å². The molecule has 3 aromatic carbocycles. The molecule has 0 radical (unpaired) electrons. The van der Waals surface area contributed by atoms with E-state index in [2.05, 4.69) is 4.98 Å². The molecule has 1 aliphatic heterocycles. The molecular weight excluding hydrogens is 503 g/mol. The summed E-state index contributed by atoms with van der Waals surface area (Å²) in [6.45, 7) is 0. The number of nitrogens with zero attached hydrogens (tertiary/aromatic N) is 2. The van der Waals surface area contributed by atoms with Crippen molar-refractivity contribution in [3.8, 4) is 0 Å². The van der Waals surface area contributed by atoms with Crippen molar-refractivity contribution in [2.45, 2.75) is 6.04 Å². The Balaban J connectivity index is 1.75. The van der Waals surface area contributed by atoms with Crippen LogP contribution in [-0.2, 0) is 9.59 Å². The fourth-order valence-corrected chi connectivity index (χ4v) is 5.34. The molecule has 164 valence electrons. The highest BCUT2D eigenvalue weighted by molar-refractivity contribution is 7.22. The summed E-state index contributed by atoms with van der Waals surface area (Å²) in [7, 11) is 0. The number of aromatic nitrogens is 1. The number of rotatable bonds is 3. The molecule has 5 rings (SSSR count). The Morgan fingerprint density at radius 2 is 1.70 bits per heavy atom. The smallest absolute Gasteiger partial charge is 0.301 e. The van der Waals surface area contributed by atoms with E-state index in [9.17, 15) is 14.7 Å². The minimum Gasteiger partial charge on any atom is -0.507 e. The van der Waals surface area contributed by atoms with Crippen molar-refractivity contribution in [1.29, 1.82) is 0 Å². The largest absolute Gasteiger partial charge is 0.507 e. The van der Waals surface area contributed by atoms with Crippen molar-refractivity contribution >= 4 is 78.9 Å². The first-order valence-electron chi connectivity index (χ1n) is 9.72. The van der Waals surface area contributed by atoms with E-state index in [0.717, 1.165) is 4.70 Å². The molecule has 5 nitrogen and oxygen atoms in total. The van der Waals surface area contributed by atoms with Crippen LogP contribution in [0.3, 0.4) is 0 Å². The number of benzene rings is 3. The van der Waals surface area contributed by atoms with E-state index in [-0.39, 0.29) is 16.4 Å². The molecule has 1 unspecified atom stereocenters. The topological polar surface area (TPSA) is 70.5 Å². The van der Waals surface area contributed by atoms with E-state index in [0.29, 0.717) is 31.8 Å². The van der Waals surface area contributed by atoms with E-state index in [4.69, 9.17) is 34.8 Å². The summed E-state index contributed by atoms with van der Waals surface area (Å²) in [6.07, 6.45) is 0. The minimum absolute atomic E-state index is 0.0538.